The molecular weight excluding hydrogens is 438 g/mol. The Bertz CT molecular complexity index is 2110. The third kappa shape index (κ3) is 2.79. The second-order valence-corrected chi connectivity index (χ2v) is 9.46. The summed E-state index contributed by atoms with van der Waals surface area (Å²) in [6.07, 6.45) is 0. The molecule has 0 aliphatic heterocycles. The summed E-state index contributed by atoms with van der Waals surface area (Å²) in [7, 11) is 0. The van der Waals surface area contributed by atoms with Gasteiger partial charge in [-0.05, 0) is 51.7 Å². The Morgan fingerprint density at radius 2 is 1.25 bits per heavy atom. The van der Waals surface area contributed by atoms with Crippen LogP contribution in [0.5, 0.6) is 0 Å². The van der Waals surface area contributed by atoms with Crippen molar-refractivity contribution < 1.29 is 4.42 Å². The van der Waals surface area contributed by atoms with Gasteiger partial charge in [0, 0.05) is 38.1 Å². The van der Waals surface area contributed by atoms with E-state index in [2.05, 4.69) is 114 Å². The number of rotatable bonds is 2. The van der Waals surface area contributed by atoms with E-state index in [1.54, 1.807) is 0 Å². The minimum atomic E-state index is 0.924. The molecule has 0 radical (unpaired) electrons. The zero-order chi connectivity index (χ0) is 23.6. The number of H-pyrrole nitrogens is 1. The number of aromatic nitrogens is 1. The lowest BCUT2D eigenvalue weighted by Gasteiger charge is -2.07. The molecule has 2 heterocycles. The lowest BCUT2D eigenvalue weighted by molar-refractivity contribution is 0.670. The van der Waals surface area contributed by atoms with Crippen LogP contribution in [0.2, 0.25) is 0 Å². The maximum atomic E-state index is 6.31. The highest BCUT2D eigenvalue weighted by Gasteiger charge is 2.13. The Hall–Kier alpha value is -4.82. The van der Waals surface area contributed by atoms with Gasteiger partial charge in [0.25, 0.3) is 0 Å². The molecule has 8 aromatic rings. The molecule has 0 spiro atoms. The molecule has 2 nitrogen and oxygen atoms in total. The zero-order valence-corrected chi connectivity index (χ0v) is 19.5. The molecule has 0 bridgehead atoms. The van der Waals surface area contributed by atoms with Gasteiger partial charge in [-0.15, -0.1) is 0 Å². The molecule has 0 fully saturated rings. The monoisotopic (exact) mass is 459 g/mol. The van der Waals surface area contributed by atoms with Crippen LogP contribution < -0.4 is 0 Å². The van der Waals surface area contributed by atoms with Crippen LogP contribution in [0, 0.1) is 0 Å². The fourth-order valence-corrected chi connectivity index (χ4v) is 5.70. The summed E-state index contributed by atoms with van der Waals surface area (Å²) in [6.45, 7) is 0. The van der Waals surface area contributed by atoms with Gasteiger partial charge >= 0.3 is 0 Å². The molecule has 1 N–H and O–H groups in total. The Balaban J connectivity index is 1.29. The lowest BCUT2D eigenvalue weighted by Crippen LogP contribution is -1.83. The van der Waals surface area contributed by atoms with Crippen LogP contribution in [0.25, 0.3) is 76.8 Å². The van der Waals surface area contributed by atoms with Gasteiger partial charge < -0.3 is 9.40 Å². The van der Waals surface area contributed by atoms with Crippen LogP contribution in [0.15, 0.2) is 126 Å². The van der Waals surface area contributed by atoms with Crippen LogP contribution in [-0.2, 0) is 0 Å². The molecule has 0 saturated heterocycles. The van der Waals surface area contributed by atoms with Crippen LogP contribution in [0.4, 0.5) is 0 Å². The number of benzene rings is 6. The highest BCUT2D eigenvalue weighted by Crippen LogP contribution is 2.38. The summed E-state index contributed by atoms with van der Waals surface area (Å²) in [5, 5.41) is 7.41. The molecule has 0 amide bonds. The van der Waals surface area contributed by atoms with Gasteiger partial charge in [-0.2, -0.15) is 0 Å². The van der Waals surface area contributed by atoms with Crippen molar-refractivity contribution in [3.8, 4) is 22.3 Å². The predicted molar refractivity (Wildman–Crippen MR) is 151 cm³/mol. The maximum absolute atomic E-state index is 6.31. The summed E-state index contributed by atoms with van der Waals surface area (Å²) in [6, 6.07) is 43.1. The predicted octanol–water partition coefficient (Wildman–Crippen LogP) is 9.71. The lowest BCUT2D eigenvalue weighted by atomic mass is 9.97. The van der Waals surface area contributed by atoms with Gasteiger partial charge in [0.15, 0.2) is 0 Å². The Labute approximate surface area is 207 Å². The van der Waals surface area contributed by atoms with E-state index in [4.69, 9.17) is 4.42 Å². The summed E-state index contributed by atoms with van der Waals surface area (Å²) < 4.78 is 6.31. The minimum absolute atomic E-state index is 0.924. The van der Waals surface area contributed by atoms with E-state index >= 15 is 0 Å². The molecule has 2 heteroatoms. The van der Waals surface area contributed by atoms with Crippen LogP contribution in [0.3, 0.4) is 0 Å². The third-order valence-electron chi connectivity index (χ3n) is 7.40. The van der Waals surface area contributed by atoms with Gasteiger partial charge in [-0.3, -0.25) is 0 Å². The van der Waals surface area contributed by atoms with E-state index in [1.807, 2.05) is 12.1 Å². The van der Waals surface area contributed by atoms with E-state index in [0.717, 1.165) is 38.6 Å². The number of aromatic amines is 1. The van der Waals surface area contributed by atoms with Gasteiger partial charge in [0.2, 0.25) is 0 Å². The van der Waals surface area contributed by atoms with Crippen LogP contribution >= 0.6 is 0 Å². The van der Waals surface area contributed by atoms with Crippen molar-refractivity contribution in [3.05, 3.63) is 121 Å². The highest BCUT2D eigenvalue weighted by atomic mass is 16.3. The first-order valence-corrected chi connectivity index (χ1v) is 12.3. The van der Waals surface area contributed by atoms with Crippen LogP contribution in [-0.4, -0.2) is 4.98 Å². The van der Waals surface area contributed by atoms with Crippen molar-refractivity contribution in [1.82, 2.24) is 4.98 Å². The van der Waals surface area contributed by atoms with E-state index < -0.39 is 0 Å². The van der Waals surface area contributed by atoms with Crippen molar-refractivity contribution in [2.45, 2.75) is 0 Å². The SMILES string of the molecule is c1cc(-c2ccc3c(c2)[nH]c2ccc4ccccc4c23)cc(-c2cccc3c2oc2ccccc23)c1. The summed E-state index contributed by atoms with van der Waals surface area (Å²) in [5.41, 5.74) is 8.84. The topological polar surface area (TPSA) is 28.9 Å². The Kier molecular flexibility index (Phi) is 3.97. The van der Waals surface area contributed by atoms with Crippen molar-refractivity contribution >= 4 is 54.5 Å². The Morgan fingerprint density at radius 1 is 0.472 bits per heavy atom. The first-order chi connectivity index (χ1) is 17.8. The second-order valence-electron chi connectivity index (χ2n) is 9.46. The molecular formula is C34H21NO. The van der Waals surface area contributed by atoms with Crippen molar-refractivity contribution in [1.29, 1.82) is 0 Å². The summed E-state index contributed by atoms with van der Waals surface area (Å²) in [5.74, 6) is 0. The fourth-order valence-electron chi connectivity index (χ4n) is 5.70. The van der Waals surface area contributed by atoms with Crippen molar-refractivity contribution in [3.63, 3.8) is 0 Å². The van der Waals surface area contributed by atoms with E-state index in [1.165, 1.54) is 38.2 Å². The molecule has 6 aromatic carbocycles. The second kappa shape index (κ2) is 7.34. The molecule has 0 aliphatic rings. The number of furan rings is 1. The average Bonchev–Trinajstić information content (AvgIpc) is 3.51. The zero-order valence-electron chi connectivity index (χ0n) is 19.5. The van der Waals surface area contributed by atoms with E-state index in [9.17, 15) is 0 Å². The summed E-state index contributed by atoms with van der Waals surface area (Å²) >= 11 is 0. The van der Waals surface area contributed by atoms with Gasteiger partial charge in [0.1, 0.15) is 11.2 Å². The molecule has 0 aliphatic carbocycles. The molecule has 168 valence electrons. The van der Waals surface area contributed by atoms with Gasteiger partial charge in [0.05, 0.1) is 0 Å². The summed E-state index contributed by atoms with van der Waals surface area (Å²) in [4.78, 5) is 3.65. The third-order valence-corrected chi connectivity index (χ3v) is 7.40. The maximum Gasteiger partial charge on any atom is 0.143 e. The van der Waals surface area contributed by atoms with Gasteiger partial charge in [-0.25, -0.2) is 0 Å². The average molecular weight is 460 g/mol. The highest BCUT2D eigenvalue weighted by molar-refractivity contribution is 6.20. The van der Waals surface area contributed by atoms with Gasteiger partial charge in [-0.1, -0.05) is 97.1 Å². The number of fused-ring (bicyclic) bond motifs is 8. The van der Waals surface area contributed by atoms with E-state index in [0.29, 0.717) is 0 Å². The molecule has 36 heavy (non-hydrogen) atoms. The number of hydrogen-bond acceptors (Lipinski definition) is 1. The van der Waals surface area contributed by atoms with E-state index in [-0.39, 0.29) is 0 Å². The molecule has 2 aromatic heterocycles. The minimum Gasteiger partial charge on any atom is -0.455 e. The molecule has 0 atom stereocenters. The molecule has 8 rings (SSSR count). The smallest absolute Gasteiger partial charge is 0.143 e. The number of para-hydroxylation sites is 2. The fraction of sp³-hybridized carbons (Fsp3) is 0. The van der Waals surface area contributed by atoms with Crippen molar-refractivity contribution in [2.24, 2.45) is 0 Å². The Morgan fingerprint density at radius 3 is 2.22 bits per heavy atom. The number of nitrogens with one attached hydrogen (secondary N) is 1. The van der Waals surface area contributed by atoms with Crippen molar-refractivity contribution in [2.75, 3.05) is 0 Å². The van der Waals surface area contributed by atoms with Crippen LogP contribution in [0.1, 0.15) is 0 Å². The standard InChI is InChI=1S/C34H21NO/c1-2-10-25-21(7-1)16-18-30-33(25)29-17-15-23(20-31(29)35-30)22-8-5-9-24(19-22)26-12-6-13-28-27-11-3-4-14-32(27)36-34(26)28/h1-20,35H. The number of hydrogen-bond donors (Lipinski definition) is 1. The normalized spacial score (nSPS) is 11.9. The molecule has 0 saturated carbocycles. The first-order valence-electron chi connectivity index (χ1n) is 12.3. The quantitative estimate of drug-likeness (QED) is 0.274. The molecule has 0 unspecified atom stereocenters. The first kappa shape index (κ1) is 19.5. The largest absolute Gasteiger partial charge is 0.455 e.